The van der Waals surface area contributed by atoms with Gasteiger partial charge in [-0.15, -0.1) is 12.4 Å². The predicted octanol–water partition coefficient (Wildman–Crippen LogP) is 2.37. The lowest BCUT2D eigenvalue weighted by molar-refractivity contribution is 1.09. The van der Waals surface area contributed by atoms with Gasteiger partial charge in [-0.3, -0.25) is 0 Å². The lowest BCUT2D eigenvalue weighted by Gasteiger charge is -1.95. The first-order chi connectivity index (χ1) is 5.27. The molecule has 2 rings (SSSR count). The third kappa shape index (κ3) is 1.30. The molecule has 0 saturated carbocycles. The standard InChI is InChI=1S/C9H10N2.ClH/c1-7-6-11-8(2)4-3-5-9(11)10-7;/h3-6H,1-2H3;1H. The van der Waals surface area contributed by atoms with Crippen LogP contribution in [0, 0.1) is 13.8 Å². The summed E-state index contributed by atoms with van der Waals surface area (Å²) in [6, 6.07) is 6.12. The number of aromatic nitrogens is 2. The van der Waals surface area contributed by atoms with E-state index in [9.17, 15) is 0 Å². The van der Waals surface area contributed by atoms with Gasteiger partial charge >= 0.3 is 0 Å². The molecule has 0 bridgehead atoms. The topological polar surface area (TPSA) is 17.3 Å². The highest BCUT2D eigenvalue weighted by Crippen LogP contribution is 2.06. The molecule has 64 valence electrons. The molecule has 0 amide bonds. The van der Waals surface area contributed by atoms with Gasteiger partial charge in [0.05, 0.1) is 5.69 Å². The monoisotopic (exact) mass is 182 g/mol. The van der Waals surface area contributed by atoms with E-state index in [4.69, 9.17) is 0 Å². The zero-order chi connectivity index (χ0) is 7.84. The van der Waals surface area contributed by atoms with Crippen LogP contribution in [0.1, 0.15) is 11.4 Å². The van der Waals surface area contributed by atoms with Crippen LogP contribution in [0.2, 0.25) is 0 Å². The van der Waals surface area contributed by atoms with E-state index < -0.39 is 0 Å². The zero-order valence-electron chi connectivity index (χ0n) is 7.11. The molecular weight excluding hydrogens is 172 g/mol. The molecule has 2 heterocycles. The Morgan fingerprint density at radius 2 is 2.00 bits per heavy atom. The summed E-state index contributed by atoms with van der Waals surface area (Å²) in [6.07, 6.45) is 2.05. The summed E-state index contributed by atoms with van der Waals surface area (Å²) in [5, 5.41) is 0. The molecular formula is C9H11ClN2. The minimum atomic E-state index is 0. The third-order valence-corrected chi connectivity index (χ3v) is 1.82. The van der Waals surface area contributed by atoms with Crippen LogP contribution in [0.4, 0.5) is 0 Å². The van der Waals surface area contributed by atoms with Crippen molar-refractivity contribution in [2.75, 3.05) is 0 Å². The number of nitrogens with zero attached hydrogens (tertiary/aromatic N) is 2. The molecule has 2 aromatic heterocycles. The highest BCUT2D eigenvalue weighted by Gasteiger charge is 1.96. The second-order valence-electron chi connectivity index (χ2n) is 2.78. The van der Waals surface area contributed by atoms with Gasteiger partial charge in [0.15, 0.2) is 0 Å². The molecule has 3 heteroatoms. The molecule has 0 aliphatic heterocycles. The highest BCUT2D eigenvalue weighted by molar-refractivity contribution is 5.85. The van der Waals surface area contributed by atoms with Gasteiger partial charge in [-0.1, -0.05) is 6.07 Å². The van der Waals surface area contributed by atoms with Gasteiger partial charge in [0.1, 0.15) is 5.65 Å². The van der Waals surface area contributed by atoms with Crippen LogP contribution in [-0.2, 0) is 0 Å². The molecule has 0 atom stereocenters. The van der Waals surface area contributed by atoms with Crippen molar-refractivity contribution in [1.82, 2.24) is 9.38 Å². The normalized spacial score (nSPS) is 9.83. The average Bonchev–Trinajstić information content (AvgIpc) is 2.31. The maximum absolute atomic E-state index is 4.34. The van der Waals surface area contributed by atoms with E-state index in [-0.39, 0.29) is 12.4 Å². The van der Waals surface area contributed by atoms with Crippen LogP contribution < -0.4 is 0 Å². The number of pyridine rings is 1. The highest BCUT2D eigenvalue weighted by atomic mass is 35.5. The molecule has 0 aliphatic rings. The van der Waals surface area contributed by atoms with Crippen LogP contribution in [0.25, 0.3) is 5.65 Å². The quantitative estimate of drug-likeness (QED) is 0.612. The minimum Gasteiger partial charge on any atom is -0.304 e. The Balaban J connectivity index is 0.000000720. The number of rotatable bonds is 0. The number of halogens is 1. The van der Waals surface area contributed by atoms with E-state index >= 15 is 0 Å². The van der Waals surface area contributed by atoms with E-state index in [0.717, 1.165) is 11.3 Å². The summed E-state index contributed by atoms with van der Waals surface area (Å²) < 4.78 is 2.09. The summed E-state index contributed by atoms with van der Waals surface area (Å²) in [6.45, 7) is 4.08. The van der Waals surface area contributed by atoms with Crippen molar-refractivity contribution >= 4 is 18.1 Å². The van der Waals surface area contributed by atoms with Gasteiger partial charge in [0.25, 0.3) is 0 Å². The lowest BCUT2D eigenvalue weighted by atomic mass is 10.4. The smallest absolute Gasteiger partial charge is 0.137 e. The molecule has 0 radical (unpaired) electrons. The largest absolute Gasteiger partial charge is 0.304 e. The number of aryl methyl sites for hydroxylation is 2. The van der Waals surface area contributed by atoms with Crippen molar-refractivity contribution in [1.29, 1.82) is 0 Å². The van der Waals surface area contributed by atoms with Crippen LogP contribution in [0.15, 0.2) is 24.4 Å². The minimum absolute atomic E-state index is 0. The Morgan fingerprint density at radius 1 is 1.25 bits per heavy atom. The maximum atomic E-state index is 4.34. The summed E-state index contributed by atoms with van der Waals surface area (Å²) in [7, 11) is 0. The lowest BCUT2D eigenvalue weighted by Crippen LogP contribution is -1.86. The summed E-state index contributed by atoms with van der Waals surface area (Å²) in [4.78, 5) is 4.34. The molecule has 2 aromatic rings. The maximum Gasteiger partial charge on any atom is 0.137 e. The molecule has 0 spiro atoms. The molecule has 2 nitrogen and oxygen atoms in total. The van der Waals surface area contributed by atoms with Gasteiger partial charge in [-0.25, -0.2) is 4.98 Å². The van der Waals surface area contributed by atoms with E-state index in [1.165, 1.54) is 5.69 Å². The van der Waals surface area contributed by atoms with Crippen LogP contribution in [0.5, 0.6) is 0 Å². The van der Waals surface area contributed by atoms with Crippen molar-refractivity contribution in [3.05, 3.63) is 35.8 Å². The van der Waals surface area contributed by atoms with E-state index in [1.54, 1.807) is 0 Å². The fraction of sp³-hybridized carbons (Fsp3) is 0.222. The molecule has 0 unspecified atom stereocenters. The second-order valence-corrected chi connectivity index (χ2v) is 2.78. The molecule has 0 aromatic carbocycles. The molecule has 0 saturated heterocycles. The van der Waals surface area contributed by atoms with Gasteiger partial charge in [-0.05, 0) is 26.0 Å². The van der Waals surface area contributed by atoms with E-state index in [2.05, 4.69) is 22.4 Å². The Kier molecular flexibility index (Phi) is 2.38. The van der Waals surface area contributed by atoms with Crippen LogP contribution >= 0.6 is 12.4 Å². The van der Waals surface area contributed by atoms with Gasteiger partial charge in [-0.2, -0.15) is 0 Å². The molecule has 0 fully saturated rings. The summed E-state index contributed by atoms with van der Waals surface area (Å²) in [5.41, 5.74) is 3.32. The van der Waals surface area contributed by atoms with Gasteiger partial charge in [0.2, 0.25) is 0 Å². The van der Waals surface area contributed by atoms with Crippen molar-refractivity contribution in [2.24, 2.45) is 0 Å². The Labute approximate surface area is 77.7 Å². The van der Waals surface area contributed by atoms with E-state index in [0.29, 0.717) is 0 Å². The summed E-state index contributed by atoms with van der Waals surface area (Å²) >= 11 is 0. The van der Waals surface area contributed by atoms with Crippen molar-refractivity contribution in [3.63, 3.8) is 0 Å². The van der Waals surface area contributed by atoms with Gasteiger partial charge < -0.3 is 4.40 Å². The first kappa shape index (κ1) is 9.07. The van der Waals surface area contributed by atoms with E-state index in [1.807, 2.05) is 25.3 Å². The Morgan fingerprint density at radius 3 is 2.67 bits per heavy atom. The fourth-order valence-corrected chi connectivity index (χ4v) is 1.27. The Hall–Kier alpha value is -1.02. The van der Waals surface area contributed by atoms with Crippen molar-refractivity contribution in [3.8, 4) is 0 Å². The first-order valence-electron chi connectivity index (χ1n) is 3.69. The number of hydrogen-bond acceptors (Lipinski definition) is 1. The SMILES string of the molecule is Cc1cn2c(C)cccc2n1.Cl. The Bertz CT molecular complexity index is 392. The zero-order valence-corrected chi connectivity index (χ0v) is 7.93. The van der Waals surface area contributed by atoms with Crippen LogP contribution in [0.3, 0.4) is 0 Å². The molecule has 0 aliphatic carbocycles. The number of hydrogen-bond donors (Lipinski definition) is 0. The van der Waals surface area contributed by atoms with Crippen molar-refractivity contribution in [2.45, 2.75) is 13.8 Å². The third-order valence-electron chi connectivity index (χ3n) is 1.82. The van der Waals surface area contributed by atoms with Crippen LogP contribution in [-0.4, -0.2) is 9.38 Å². The first-order valence-corrected chi connectivity index (χ1v) is 3.69. The second kappa shape index (κ2) is 3.15. The molecule has 12 heavy (non-hydrogen) atoms. The molecule has 0 N–H and O–H groups in total. The van der Waals surface area contributed by atoms with Gasteiger partial charge in [0, 0.05) is 11.9 Å². The fourth-order valence-electron chi connectivity index (χ4n) is 1.27. The average molecular weight is 183 g/mol. The van der Waals surface area contributed by atoms with Crippen molar-refractivity contribution < 1.29 is 0 Å². The predicted molar refractivity (Wildman–Crippen MR) is 51.9 cm³/mol. The summed E-state index contributed by atoms with van der Waals surface area (Å²) in [5.74, 6) is 0. The number of imidazole rings is 1. The number of fused-ring (bicyclic) bond motifs is 1.